The second kappa shape index (κ2) is 7.66. The van der Waals surface area contributed by atoms with Gasteiger partial charge in [-0.3, -0.25) is 4.90 Å². The van der Waals surface area contributed by atoms with Gasteiger partial charge in [0, 0.05) is 32.6 Å². The number of nitrogens with zero attached hydrogens (tertiary/aromatic N) is 4. The van der Waals surface area contributed by atoms with E-state index in [2.05, 4.69) is 45.9 Å². The molecule has 24 heavy (non-hydrogen) atoms. The Hall–Kier alpha value is -2.08. The van der Waals surface area contributed by atoms with Crippen LogP contribution in [0.3, 0.4) is 0 Å². The molecule has 2 heterocycles. The number of aryl methyl sites for hydroxylation is 1. The fourth-order valence-electron chi connectivity index (χ4n) is 3.16. The van der Waals surface area contributed by atoms with Crippen LogP contribution in [0.4, 0.5) is 5.69 Å². The van der Waals surface area contributed by atoms with Crippen molar-refractivity contribution in [3.63, 3.8) is 0 Å². The summed E-state index contributed by atoms with van der Waals surface area (Å²) in [5.41, 5.74) is 1.16. The van der Waals surface area contributed by atoms with E-state index in [0.717, 1.165) is 62.2 Å². The van der Waals surface area contributed by atoms with Gasteiger partial charge >= 0.3 is 0 Å². The predicted molar refractivity (Wildman–Crippen MR) is 93.5 cm³/mol. The van der Waals surface area contributed by atoms with Crippen LogP contribution in [0.5, 0.6) is 5.75 Å². The van der Waals surface area contributed by atoms with E-state index in [1.165, 1.54) is 0 Å². The van der Waals surface area contributed by atoms with Gasteiger partial charge in [-0.15, -0.1) is 0 Å². The molecule has 1 aliphatic heterocycles. The normalized spacial score (nSPS) is 17.0. The fourth-order valence-corrected chi connectivity index (χ4v) is 3.16. The summed E-state index contributed by atoms with van der Waals surface area (Å²) in [6.45, 7) is 8.11. The molecule has 6 heteroatoms. The third kappa shape index (κ3) is 3.53. The molecule has 1 fully saturated rings. The summed E-state index contributed by atoms with van der Waals surface area (Å²) in [6.07, 6.45) is 1.91. The van der Waals surface area contributed by atoms with Crippen LogP contribution >= 0.6 is 0 Å². The van der Waals surface area contributed by atoms with Crippen molar-refractivity contribution in [2.75, 3.05) is 38.2 Å². The summed E-state index contributed by atoms with van der Waals surface area (Å²) in [5.74, 6) is 2.47. The maximum Gasteiger partial charge on any atom is 0.243 e. The molecule has 1 aromatic carbocycles. The van der Waals surface area contributed by atoms with Gasteiger partial charge in [0.1, 0.15) is 5.75 Å². The van der Waals surface area contributed by atoms with Crippen molar-refractivity contribution < 1.29 is 9.26 Å². The van der Waals surface area contributed by atoms with E-state index in [1.54, 1.807) is 7.11 Å². The maximum absolute atomic E-state index is 5.48. The summed E-state index contributed by atoms with van der Waals surface area (Å²) in [5, 5.41) is 4.07. The molecule has 0 N–H and O–H groups in total. The lowest BCUT2D eigenvalue weighted by Gasteiger charge is -2.38. The Morgan fingerprint density at radius 3 is 2.67 bits per heavy atom. The molecule has 0 aliphatic carbocycles. The largest absolute Gasteiger partial charge is 0.495 e. The molecule has 6 nitrogen and oxygen atoms in total. The minimum atomic E-state index is 0.155. The summed E-state index contributed by atoms with van der Waals surface area (Å²) in [4.78, 5) is 9.30. The van der Waals surface area contributed by atoms with Crippen molar-refractivity contribution in [1.82, 2.24) is 15.0 Å². The summed E-state index contributed by atoms with van der Waals surface area (Å²) < 4.78 is 10.9. The third-order valence-electron chi connectivity index (χ3n) is 4.60. The number of anilines is 1. The van der Waals surface area contributed by atoms with E-state index in [9.17, 15) is 0 Å². The number of hydrogen-bond acceptors (Lipinski definition) is 6. The molecule has 3 rings (SSSR count). The number of methoxy groups -OCH3 is 1. The van der Waals surface area contributed by atoms with Crippen LogP contribution in [-0.2, 0) is 6.42 Å². The van der Waals surface area contributed by atoms with Crippen LogP contribution < -0.4 is 9.64 Å². The maximum atomic E-state index is 5.48. The van der Waals surface area contributed by atoms with E-state index in [1.807, 2.05) is 12.1 Å². The predicted octanol–water partition coefficient (Wildman–Crippen LogP) is 2.91. The number of rotatable bonds is 6. The number of para-hydroxylation sites is 2. The van der Waals surface area contributed by atoms with Gasteiger partial charge in [0.2, 0.25) is 5.89 Å². The molecule has 1 aromatic heterocycles. The molecule has 130 valence electrons. The van der Waals surface area contributed by atoms with Gasteiger partial charge < -0.3 is 14.2 Å². The Labute approximate surface area is 143 Å². The van der Waals surface area contributed by atoms with Crippen LogP contribution in [0, 0.1) is 0 Å². The second-order valence-corrected chi connectivity index (χ2v) is 6.17. The Morgan fingerprint density at radius 1 is 1.21 bits per heavy atom. The molecule has 0 radical (unpaired) electrons. The first-order valence-electron chi connectivity index (χ1n) is 8.67. The van der Waals surface area contributed by atoms with Crippen LogP contribution in [-0.4, -0.2) is 48.3 Å². The zero-order valence-corrected chi connectivity index (χ0v) is 14.7. The lowest BCUT2D eigenvalue weighted by atomic mass is 10.2. The molecule has 0 bridgehead atoms. The minimum Gasteiger partial charge on any atom is -0.495 e. The van der Waals surface area contributed by atoms with Crippen molar-refractivity contribution in [3.8, 4) is 5.75 Å². The fraction of sp³-hybridized carbons (Fsp3) is 0.556. The topological polar surface area (TPSA) is 54.6 Å². The van der Waals surface area contributed by atoms with Gasteiger partial charge in [0.25, 0.3) is 0 Å². The lowest BCUT2D eigenvalue weighted by Crippen LogP contribution is -2.47. The molecular weight excluding hydrogens is 304 g/mol. The molecule has 1 aliphatic rings. The number of aromatic nitrogens is 2. The van der Waals surface area contributed by atoms with Gasteiger partial charge in [-0.05, 0) is 25.5 Å². The Kier molecular flexibility index (Phi) is 5.35. The molecule has 0 saturated carbocycles. The zero-order valence-electron chi connectivity index (χ0n) is 14.7. The first-order valence-corrected chi connectivity index (χ1v) is 8.67. The van der Waals surface area contributed by atoms with E-state index >= 15 is 0 Å². The van der Waals surface area contributed by atoms with Gasteiger partial charge in [-0.2, -0.15) is 4.98 Å². The standard InChI is InChI=1S/C18H26N4O2/c1-4-7-17-19-18(24-20-17)14(2)21-10-12-22(13-11-21)15-8-5-6-9-16(15)23-3/h5-6,8-9,14H,4,7,10-13H2,1-3H3. The van der Waals surface area contributed by atoms with Gasteiger partial charge in [0.05, 0.1) is 18.8 Å². The highest BCUT2D eigenvalue weighted by Gasteiger charge is 2.26. The molecule has 2 aromatic rings. The second-order valence-electron chi connectivity index (χ2n) is 6.17. The summed E-state index contributed by atoms with van der Waals surface area (Å²) >= 11 is 0. The lowest BCUT2D eigenvalue weighted by molar-refractivity contribution is 0.164. The molecular formula is C18H26N4O2. The SMILES string of the molecule is CCCc1noc(C(C)N2CCN(c3ccccc3OC)CC2)n1. The average molecular weight is 330 g/mol. The number of ether oxygens (including phenoxy) is 1. The van der Waals surface area contributed by atoms with Gasteiger partial charge in [-0.25, -0.2) is 0 Å². The Morgan fingerprint density at radius 2 is 1.96 bits per heavy atom. The quantitative estimate of drug-likeness (QED) is 0.812. The first kappa shape index (κ1) is 16.8. The van der Waals surface area contributed by atoms with E-state index < -0.39 is 0 Å². The number of piperazine rings is 1. The monoisotopic (exact) mass is 330 g/mol. The molecule has 1 saturated heterocycles. The smallest absolute Gasteiger partial charge is 0.243 e. The van der Waals surface area contributed by atoms with Crippen molar-refractivity contribution in [1.29, 1.82) is 0 Å². The van der Waals surface area contributed by atoms with Crippen LogP contribution in [0.15, 0.2) is 28.8 Å². The highest BCUT2D eigenvalue weighted by molar-refractivity contribution is 5.58. The summed E-state index contributed by atoms with van der Waals surface area (Å²) in [6, 6.07) is 8.35. The Balaban J connectivity index is 1.61. The van der Waals surface area contributed by atoms with E-state index in [0.29, 0.717) is 0 Å². The van der Waals surface area contributed by atoms with Gasteiger partial charge in [-0.1, -0.05) is 24.2 Å². The highest BCUT2D eigenvalue weighted by Crippen LogP contribution is 2.29. The first-order chi connectivity index (χ1) is 11.7. The highest BCUT2D eigenvalue weighted by atomic mass is 16.5. The van der Waals surface area contributed by atoms with Crippen LogP contribution in [0.2, 0.25) is 0 Å². The van der Waals surface area contributed by atoms with E-state index in [4.69, 9.17) is 9.26 Å². The zero-order chi connectivity index (χ0) is 16.9. The average Bonchev–Trinajstić information content (AvgIpc) is 3.10. The number of hydrogen-bond donors (Lipinski definition) is 0. The van der Waals surface area contributed by atoms with Gasteiger partial charge in [0.15, 0.2) is 5.82 Å². The molecule has 1 unspecified atom stereocenters. The van der Waals surface area contributed by atoms with Crippen LogP contribution in [0.25, 0.3) is 0 Å². The molecule has 0 amide bonds. The Bertz CT molecular complexity index is 650. The molecule has 1 atom stereocenters. The van der Waals surface area contributed by atoms with Crippen molar-refractivity contribution in [2.45, 2.75) is 32.7 Å². The summed E-state index contributed by atoms with van der Waals surface area (Å²) in [7, 11) is 1.72. The molecule has 0 spiro atoms. The van der Waals surface area contributed by atoms with Crippen molar-refractivity contribution in [3.05, 3.63) is 36.0 Å². The van der Waals surface area contributed by atoms with E-state index in [-0.39, 0.29) is 6.04 Å². The van der Waals surface area contributed by atoms with Crippen molar-refractivity contribution in [2.24, 2.45) is 0 Å². The minimum absolute atomic E-state index is 0.155. The number of benzene rings is 1. The van der Waals surface area contributed by atoms with Crippen molar-refractivity contribution >= 4 is 5.69 Å². The third-order valence-corrected chi connectivity index (χ3v) is 4.60. The van der Waals surface area contributed by atoms with Crippen LogP contribution in [0.1, 0.15) is 38.0 Å².